The molecule has 1 aliphatic heterocycles. The van der Waals surface area contributed by atoms with E-state index >= 15 is 0 Å². The minimum absolute atomic E-state index is 0.0858. The molecule has 1 atom stereocenters. The van der Waals surface area contributed by atoms with Crippen LogP contribution >= 0.6 is 0 Å². The fraction of sp³-hybridized carbons (Fsp3) is 0.421. The number of hydrogen-bond acceptors (Lipinski definition) is 5. The molecule has 3 rings (SSSR count). The van der Waals surface area contributed by atoms with E-state index in [1.807, 2.05) is 30.3 Å². The molecule has 1 saturated heterocycles. The number of amides is 1. The number of piperidine rings is 1. The number of hydrogen-bond donors (Lipinski definition) is 1. The van der Waals surface area contributed by atoms with E-state index in [0.717, 1.165) is 37.5 Å². The smallest absolute Gasteiger partial charge is 0.220 e. The van der Waals surface area contributed by atoms with Gasteiger partial charge in [0.25, 0.3) is 0 Å². The quantitative estimate of drug-likeness (QED) is 0.784. The summed E-state index contributed by atoms with van der Waals surface area (Å²) in [5.41, 5.74) is 0. The highest BCUT2D eigenvalue weighted by Crippen LogP contribution is 2.16. The lowest BCUT2D eigenvalue weighted by atomic mass is 10.1. The molecule has 1 amide bonds. The fourth-order valence-corrected chi connectivity index (χ4v) is 3.00. The van der Waals surface area contributed by atoms with E-state index in [4.69, 9.17) is 4.74 Å². The van der Waals surface area contributed by atoms with Gasteiger partial charge in [0.1, 0.15) is 11.6 Å². The van der Waals surface area contributed by atoms with Gasteiger partial charge in [-0.05, 0) is 31.4 Å². The molecule has 25 heavy (non-hydrogen) atoms. The lowest BCUT2D eigenvalue weighted by Crippen LogP contribution is -2.48. The van der Waals surface area contributed by atoms with Crippen molar-refractivity contribution in [2.24, 2.45) is 0 Å². The summed E-state index contributed by atoms with van der Waals surface area (Å²) < 4.78 is 5.62. The molecule has 0 spiro atoms. The number of benzene rings is 1. The molecule has 0 saturated carbocycles. The van der Waals surface area contributed by atoms with Crippen molar-refractivity contribution in [2.75, 3.05) is 24.6 Å². The number of para-hydroxylation sites is 1. The molecule has 1 aliphatic rings. The zero-order valence-electron chi connectivity index (χ0n) is 14.3. The Kier molecular flexibility index (Phi) is 6.20. The van der Waals surface area contributed by atoms with E-state index in [0.29, 0.717) is 19.4 Å². The molecule has 1 fully saturated rings. The second-order valence-corrected chi connectivity index (χ2v) is 6.18. The summed E-state index contributed by atoms with van der Waals surface area (Å²) in [6, 6.07) is 9.83. The highest BCUT2D eigenvalue weighted by molar-refractivity contribution is 5.76. The van der Waals surface area contributed by atoms with Crippen molar-refractivity contribution in [1.29, 1.82) is 0 Å². The molecule has 0 aliphatic carbocycles. The zero-order valence-corrected chi connectivity index (χ0v) is 14.3. The number of anilines is 1. The van der Waals surface area contributed by atoms with Crippen LogP contribution in [-0.4, -0.2) is 41.6 Å². The minimum Gasteiger partial charge on any atom is -0.494 e. The second-order valence-electron chi connectivity index (χ2n) is 6.18. The Bertz CT molecular complexity index is 651. The first-order valence-corrected chi connectivity index (χ1v) is 8.79. The summed E-state index contributed by atoms with van der Waals surface area (Å²) in [6.45, 7) is 2.29. The third-order valence-electron chi connectivity index (χ3n) is 4.22. The van der Waals surface area contributed by atoms with Gasteiger partial charge in [0.15, 0.2) is 0 Å². The summed E-state index contributed by atoms with van der Waals surface area (Å²) in [4.78, 5) is 22.8. The van der Waals surface area contributed by atoms with Crippen LogP contribution in [0, 0.1) is 0 Å². The summed E-state index contributed by atoms with van der Waals surface area (Å²) in [5.74, 6) is 1.80. The third-order valence-corrected chi connectivity index (χ3v) is 4.22. The van der Waals surface area contributed by atoms with Crippen LogP contribution in [0.15, 0.2) is 48.9 Å². The van der Waals surface area contributed by atoms with Crippen molar-refractivity contribution >= 4 is 11.7 Å². The van der Waals surface area contributed by atoms with Gasteiger partial charge in [-0.2, -0.15) is 0 Å². The highest BCUT2D eigenvalue weighted by Gasteiger charge is 2.22. The molecule has 2 heterocycles. The van der Waals surface area contributed by atoms with Gasteiger partial charge in [0.05, 0.1) is 12.8 Å². The van der Waals surface area contributed by atoms with Crippen molar-refractivity contribution < 1.29 is 9.53 Å². The summed E-state index contributed by atoms with van der Waals surface area (Å²) in [6.07, 6.45) is 8.37. The Morgan fingerprint density at radius 2 is 2.16 bits per heavy atom. The average Bonchev–Trinajstić information content (AvgIpc) is 2.67. The molecule has 1 aromatic heterocycles. The van der Waals surface area contributed by atoms with Gasteiger partial charge in [0.2, 0.25) is 5.91 Å². The molecule has 132 valence electrons. The van der Waals surface area contributed by atoms with Crippen LogP contribution in [-0.2, 0) is 4.79 Å². The van der Waals surface area contributed by atoms with Gasteiger partial charge >= 0.3 is 0 Å². The zero-order chi connectivity index (χ0) is 17.3. The number of carbonyl (C=O) groups excluding carboxylic acids is 1. The summed E-state index contributed by atoms with van der Waals surface area (Å²) >= 11 is 0. The van der Waals surface area contributed by atoms with Crippen molar-refractivity contribution in [3.05, 3.63) is 48.9 Å². The summed E-state index contributed by atoms with van der Waals surface area (Å²) in [7, 11) is 0. The van der Waals surface area contributed by atoms with E-state index in [-0.39, 0.29) is 11.9 Å². The number of carbonyl (C=O) groups is 1. The van der Waals surface area contributed by atoms with E-state index < -0.39 is 0 Å². The molecule has 6 nitrogen and oxygen atoms in total. The molecular formula is C19H24N4O2. The van der Waals surface area contributed by atoms with Crippen molar-refractivity contribution in [3.8, 4) is 5.75 Å². The Hall–Kier alpha value is -2.63. The van der Waals surface area contributed by atoms with Crippen LogP contribution in [0.1, 0.15) is 25.7 Å². The minimum atomic E-state index is 0.0858. The standard InChI is InChI=1S/C19H24N4O2/c24-19(9-5-13-25-17-7-2-1-3-8-17)22-16-6-4-12-23(15-16)18-14-20-10-11-21-18/h1-3,7-8,10-11,14,16H,4-6,9,12-13,15H2,(H,22,24)/t16-/m1/s1. The van der Waals surface area contributed by atoms with Crippen LogP contribution in [0.3, 0.4) is 0 Å². The topological polar surface area (TPSA) is 67.3 Å². The first-order chi connectivity index (χ1) is 12.3. The molecule has 6 heteroatoms. The van der Waals surface area contributed by atoms with Crippen molar-refractivity contribution in [1.82, 2.24) is 15.3 Å². The molecule has 0 radical (unpaired) electrons. The lowest BCUT2D eigenvalue weighted by molar-refractivity contribution is -0.122. The van der Waals surface area contributed by atoms with Gasteiger partial charge in [-0.1, -0.05) is 18.2 Å². The Labute approximate surface area is 148 Å². The van der Waals surface area contributed by atoms with Crippen molar-refractivity contribution in [2.45, 2.75) is 31.7 Å². The number of nitrogens with one attached hydrogen (secondary N) is 1. The Balaban J connectivity index is 1.37. The lowest BCUT2D eigenvalue weighted by Gasteiger charge is -2.33. The van der Waals surface area contributed by atoms with Crippen molar-refractivity contribution in [3.63, 3.8) is 0 Å². The average molecular weight is 340 g/mol. The van der Waals surface area contributed by atoms with Gasteiger partial charge in [-0.3, -0.25) is 9.78 Å². The van der Waals surface area contributed by atoms with Crippen LogP contribution in [0.4, 0.5) is 5.82 Å². The maximum Gasteiger partial charge on any atom is 0.220 e. The van der Waals surface area contributed by atoms with E-state index in [9.17, 15) is 4.79 Å². The molecule has 0 unspecified atom stereocenters. The number of rotatable bonds is 7. The second kappa shape index (κ2) is 9.01. The van der Waals surface area contributed by atoms with Gasteiger partial charge in [0, 0.05) is 37.9 Å². The Morgan fingerprint density at radius 1 is 1.28 bits per heavy atom. The number of nitrogens with zero attached hydrogens (tertiary/aromatic N) is 3. The monoisotopic (exact) mass is 340 g/mol. The normalized spacial score (nSPS) is 17.1. The van der Waals surface area contributed by atoms with Gasteiger partial charge in [-0.25, -0.2) is 4.98 Å². The van der Waals surface area contributed by atoms with E-state index in [1.54, 1.807) is 18.6 Å². The van der Waals surface area contributed by atoms with Gasteiger partial charge < -0.3 is 15.0 Å². The van der Waals surface area contributed by atoms with Crippen LogP contribution < -0.4 is 15.0 Å². The summed E-state index contributed by atoms with van der Waals surface area (Å²) in [5, 5.41) is 3.13. The molecule has 1 aromatic carbocycles. The Morgan fingerprint density at radius 3 is 2.96 bits per heavy atom. The number of aromatic nitrogens is 2. The molecule has 0 bridgehead atoms. The molecule has 2 aromatic rings. The molecular weight excluding hydrogens is 316 g/mol. The SMILES string of the molecule is O=C(CCCOc1ccccc1)N[C@@H]1CCCN(c2cnccn2)C1. The van der Waals surface area contributed by atoms with Crippen LogP contribution in [0.25, 0.3) is 0 Å². The van der Waals surface area contributed by atoms with E-state index in [1.165, 1.54) is 0 Å². The highest BCUT2D eigenvalue weighted by atomic mass is 16.5. The van der Waals surface area contributed by atoms with Gasteiger partial charge in [-0.15, -0.1) is 0 Å². The predicted octanol–water partition coefficient (Wildman–Crippen LogP) is 2.42. The third kappa shape index (κ3) is 5.45. The van der Waals surface area contributed by atoms with Crippen LogP contribution in [0.2, 0.25) is 0 Å². The first-order valence-electron chi connectivity index (χ1n) is 8.79. The van der Waals surface area contributed by atoms with Crippen LogP contribution in [0.5, 0.6) is 5.75 Å². The van der Waals surface area contributed by atoms with E-state index in [2.05, 4.69) is 20.2 Å². The first kappa shape index (κ1) is 17.2. The molecule has 1 N–H and O–H groups in total. The largest absolute Gasteiger partial charge is 0.494 e. The number of ether oxygens (including phenoxy) is 1. The fourth-order valence-electron chi connectivity index (χ4n) is 3.00. The maximum atomic E-state index is 12.2. The predicted molar refractivity (Wildman–Crippen MR) is 96.6 cm³/mol. The maximum absolute atomic E-state index is 12.2.